The first-order valence-corrected chi connectivity index (χ1v) is 7.72. The van der Waals surface area contributed by atoms with Gasteiger partial charge in [0.25, 0.3) is 11.6 Å². The van der Waals surface area contributed by atoms with E-state index in [-0.39, 0.29) is 30.6 Å². The molecule has 0 aromatic heterocycles. The highest BCUT2D eigenvalue weighted by Crippen LogP contribution is 2.18. The zero-order chi connectivity index (χ0) is 16.5. The molecule has 0 saturated carbocycles. The maximum atomic E-state index is 11.7. The van der Waals surface area contributed by atoms with Crippen LogP contribution in [0.15, 0.2) is 24.3 Å². The normalized spacial score (nSPS) is 14.5. The summed E-state index contributed by atoms with van der Waals surface area (Å²) in [6, 6.07) is 5.80. The number of carbonyl (C=O) groups excluding carboxylic acids is 1. The van der Waals surface area contributed by atoms with Gasteiger partial charge in [-0.25, -0.2) is 0 Å². The second-order valence-electron chi connectivity index (χ2n) is 5.34. The first kappa shape index (κ1) is 20.1. The van der Waals surface area contributed by atoms with E-state index in [1.807, 2.05) is 0 Å². The molecule has 1 aliphatic heterocycles. The number of rotatable bonds is 8. The SMILES string of the molecule is Cl.O=C(COc1cccc([N+](=O)[O-])c1)NCCCN1CCNCC1. The largest absolute Gasteiger partial charge is 0.484 e. The van der Waals surface area contributed by atoms with Crippen LogP contribution >= 0.6 is 12.4 Å². The van der Waals surface area contributed by atoms with Crippen molar-refractivity contribution in [2.24, 2.45) is 0 Å². The Hall–Kier alpha value is -1.90. The fourth-order valence-electron chi connectivity index (χ4n) is 2.35. The molecule has 0 spiro atoms. The van der Waals surface area contributed by atoms with Crippen LogP contribution in [0.1, 0.15) is 6.42 Å². The molecule has 8 nitrogen and oxygen atoms in total. The molecular formula is C15H23ClN4O4. The Labute approximate surface area is 147 Å². The van der Waals surface area contributed by atoms with Crippen LogP contribution in [0.4, 0.5) is 5.69 Å². The van der Waals surface area contributed by atoms with Gasteiger partial charge in [0.1, 0.15) is 5.75 Å². The van der Waals surface area contributed by atoms with Crippen molar-refractivity contribution in [2.45, 2.75) is 6.42 Å². The predicted octanol–water partition coefficient (Wildman–Crippen LogP) is 0.807. The van der Waals surface area contributed by atoms with Gasteiger partial charge < -0.3 is 20.3 Å². The summed E-state index contributed by atoms with van der Waals surface area (Å²) >= 11 is 0. The molecule has 134 valence electrons. The van der Waals surface area contributed by atoms with E-state index in [0.717, 1.165) is 39.1 Å². The Balaban J connectivity index is 0.00000288. The van der Waals surface area contributed by atoms with Crippen molar-refractivity contribution in [3.05, 3.63) is 34.4 Å². The summed E-state index contributed by atoms with van der Waals surface area (Å²) in [6.45, 7) is 5.55. The van der Waals surface area contributed by atoms with Crippen molar-refractivity contribution in [3.63, 3.8) is 0 Å². The predicted molar refractivity (Wildman–Crippen MR) is 92.8 cm³/mol. The number of nitro benzene ring substituents is 1. The summed E-state index contributed by atoms with van der Waals surface area (Å²) in [5.74, 6) is 0.0898. The molecule has 2 N–H and O–H groups in total. The summed E-state index contributed by atoms with van der Waals surface area (Å²) in [5, 5.41) is 16.7. The van der Waals surface area contributed by atoms with Gasteiger partial charge >= 0.3 is 0 Å². The molecule has 1 aromatic carbocycles. The molecule has 2 rings (SSSR count). The van der Waals surface area contributed by atoms with E-state index in [4.69, 9.17) is 4.74 Å². The number of ether oxygens (including phenoxy) is 1. The Kier molecular flexibility index (Phi) is 9.06. The molecule has 1 amide bonds. The summed E-state index contributed by atoms with van der Waals surface area (Å²) in [7, 11) is 0. The molecule has 0 radical (unpaired) electrons. The number of piperazine rings is 1. The molecular weight excluding hydrogens is 336 g/mol. The van der Waals surface area contributed by atoms with Crippen molar-refractivity contribution in [2.75, 3.05) is 45.9 Å². The number of halogens is 1. The second kappa shape index (κ2) is 10.8. The minimum Gasteiger partial charge on any atom is -0.484 e. The van der Waals surface area contributed by atoms with Crippen LogP contribution in [0.3, 0.4) is 0 Å². The number of benzene rings is 1. The average molecular weight is 359 g/mol. The lowest BCUT2D eigenvalue weighted by Gasteiger charge is -2.27. The molecule has 9 heteroatoms. The van der Waals surface area contributed by atoms with E-state index >= 15 is 0 Å². The molecule has 0 bridgehead atoms. The molecule has 24 heavy (non-hydrogen) atoms. The Morgan fingerprint density at radius 1 is 1.38 bits per heavy atom. The van der Waals surface area contributed by atoms with Crippen molar-refractivity contribution < 1.29 is 14.5 Å². The fraction of sp³-hybridized carbons (Fsp3) is 0.533. The van der Waals surface area contributed by atoms with E-state index in [9.17, 15) is 14.9 Å². The Bertz CT molecular complexity index is 538. The number of nitrogens with one attached hydrogen (secondary N) is 2. The zero-order valence-corrected chi connectivity index (χ0v) is 14.2. The van der Waals surface area contributed by atoms with Crippen LogP contribution in [0.5, 0.6) is 5.75 Å². The van der Waals surface area contributed by atoms with Crippen molar-refractivity contribution in [1.29, 1.82) is 0 Å². The number of hydrogen-bond donors (Lipinski definition) is 2. The topological polar surface area (TPSA) is 96.7 Å². The van der Waals surface area contributed by atoms with Gasteiger partial charge in [-0.15, -0.1) is 12.4 Å². The highest BCUT2D eigenvalue weighted by molar-refractivity contribution is 5.85. The van der Waals surface area contributed by atoms with E-state index in [1.165, 1.54) is 18.2 Å². The minimum absolute atomic E-state index is 0. The monoisotopic (exact) mass is 358 g/mol. The smallest absolute Gasteiger partial charge is 0.273 e. The summed E-state index contributed by atoms with van der Waals surface area (Å²) in [6.07, 6.45) is 0.891. The van der Waals surface area contributed by atoms with Crippen molar-refractivity contribution in [3.8, 4) is 5.75 Å². The highest BCUT2D eigenvalue weighted by atomic mass is 35.5. The molecule has 1 saturated heterocycles. The maximum Gasteiger partial charge on any atom is 0.273 e. The first-order valence-electron chi connectivity index (χ1n) is 7.72. The van der Waals surface area contributed by atoms with Gasteiger partial charge in [-0.3, -0.25) is 14.9 Å². The van der Waals surface area contributed by atoms with Gasteiger partial charge in [-0.1, -0.05) is 6.07 Å². The van der Waals surface area contributed by atoms with E-state index in [2.05, 4.69) is 15.5 Å². The Morgan fingerprint density at radius 3 is 2.83 bits per heavy atom. The van der Waals surface area contributed by atoms with Gasteiger partial charge in [0.2, 0.25) is 0 Å². The molecule has 0 unspecified atom stereocenters. The van der Waals surface area contributed by atoms with Crippen LogP contribution in [0.2, 0.25) is 0 Å². The fourth-order valence-corrected chi connectivity index (χ4v) is 2.35. The Morgan fingerprint density at radius 2 is 2.12 bits per heavy atom. The molecule has 0 aliphatic carbocycles. The van der Waals surface area contributed by atoms with Gasteiger partial charge in [0, 0.05) is 38.8 Å². The number of carbonyl (C=O) groups is 1. The van der Waals surface area contributed by atoms with Crippen LogP contribution in [0.25, 0.3) is 0 Å². The maximum absolute atomic E-state index is 11.7. The molecule has 1 fully saturated rings. The molecule has 0 atom stereocenters. The molecule has 1 aromatic rings. The van der Waals surface area contributed by atoms with E-state index in [1.54, 1.807) is 6.07 Å². The molecule has 1 aliphatic rings. The molecule has 1 heterocycles. The van der Waals surface area contributed by atoms with Crippen molar-refractivity contribution >= 4 is 24.0 Å². The lowest BCUT2D eigenvalue weighted by molar-refractivity contribution is -0.384. The van der Waals surface area contributed by atoms with Gasteiger partial charge in [0.05, 0.1) is 11.0 Å². The lowest BCUT2D eigenvalue weighted by atomic mass is 10.3. The van der Waals surface area contributed by atoms with Gasteiger partial charge in [-0.2, -0.15) is 0 Å². The van der Waals surface area contributed by atoms with Crippen LogP contribution < -0.4 is 15.4 Å². The third kappa shape index (κ3) is 7.12. The summed E-state index contributed by atoms with van der Waals surface area (Å²) in [5.41, 5.74) is -0.0565. The van der Waals surface area contributed by atoms with E-state index < -0.39 is 4.92 Å². The van der Waals surface area contributed by atoms with Crippen molar-refractivity contribution in [1.82, 2.24) is 15.5 Å². The van der Waals surface area contributed by atoms with Gasteiger partial charge in [0.15, 0.2) is 6.61 Å². The number of nitrogens with zero attached hydrogens (tertiary/aromatic N) is 2. The van der Waals surface area contributed by atoms with Crippen LogP contribution in [-0.4, -0.2) is 61.6 Å². The number of hydrogen-bond acceptors (Lipinski definition) is 6. The first-order chi connectivity index (χ1) is 11.1. The van der Waals surface area contributed by atoms with E-state index in [0.29, 0.717) is 12.3 Å². The lowest BCUT2D eigenvalue weighted by Crippen LogP contribution is -2.44. The van der Waals surface area contributed by atoms with Gasteiger partial charge in [-0.05, 0) is 19.0 Å². The minimum atomic E-state index is -0.497. The quantitative estimate of drug-likeness (QED) is 0.405. The zero-order valence-electron chi connectivity index (χ0n) is 13.4. The number of nitro groups is 1. The number of non-ortho nitro benzene ring substituents is 1. The third-order valence-corrected chi connectivity index (χ3v) is 3.58. The summed E-state index contributed by atoms with van der Waals surface area (Å²) < 4.78 is 5.27. The van der Waals surface area contributed by atoms with Crippen LogP contribution in [0, 0.1) is 10.1 Å². The second-order valence-corrected chi connectivity index (χ2v) is 5.34. The highest BCUT2D eigenvalue weighted by Gasteiger charge is 2.10. The van der Waals surface area contributed by atoms with Crippen LogP contribution in [-0.2, 0) is 4.79 Å². The standard InChI is InChI=1S/C15H22N4O4.ClH/c20-15(17-5-2-8-18-9-6-16-7-10-18)12-23-14-4-1-3-13(11-14)19(21)22;/h1,3-4,11,16H,2,5-10,12H2,(H,17,20);1H. The summed E-state index contributed by atoms with van der Waals surface area (Å²) in [4.78, 5) is 24.2. The average Bonchev–Trinajstić information content (AvgIpc) is 2.58. The number of amides is 1. The third-order valence-electron chi connectivity index (χ3n) is 3.58.